The molecule has 3 heterocycles. The second kappa shape index (κ2) is 6.62. The number of methoxy groups -OCH3 is 1. The van der Waals surface area contributed by atoms with Gasteiger partial charge in [-0.3, -0.25) is 9.48 Å². The van der Waals surface area contributed by atoms with Gasteiger partial charge in [0.05, 0.1) is 23.7 Å². The van der Waals surface area contributed by atoms with Crippen LogP contribution in [0.1, 0.15) is 18.5 Å². The number of primary amides is 1. The number of nitrogens with zero attached hydrogens (tertiary/aromatic N) is 5. The Morgan fingerprint density at radius 1 is 1.17 bits per heavy atom. The fourth-order valence-corrected chi connectivity index (χ4v) is 3.86. The monoisotopic (exact) mass is 400 g/mol. The third kappa shape index (κ3) is 2.72. The molecule has 0 atom stereocenters. The molecular formula is C22H20N6O2. The molecule has 8 nitrogen and oxygen atoms in total. The van der Waals surface area contributed by atoms with Gasteiger partial charge in [0.15, 0.2) is 0 Å². The van der Waals surface area contributed by atoms with E-state index in [0.29, 0.717) is 41.0 Å². The zero-order chi connectivity index (χ0) is 20.9. The average Bonchev–Trinajstić information content (AvgIpc) is 3.49. The van der Waals surface area contributed by atoms with Crippen LogP contribution in [-0.4, -0.2) is 37.7 Å². The molecule has 0 unspecified atom stereocenters. The predicted molar refractivity (Wildman–Crippen MR) is 112 cm³/mol. The van der Waals surface area contributed by atoms with Crippen molar-refractivity contribution in [1.29, 1.82) is 0 Å². The lowest BCUT2D eigenvalue weighted by Crippen LogP contribution is -2.29. The number of carbonyl (C=O) groups is 1. The van der Waals surface area contributed by atoms with Crippen molar-refractivity contribution in [2.24, 2.45) is 12.8 Å². The van der Waals surface area contributed by atoms with Crippen LogP contribution >= 0.6 is 0 Å². The van der Waals surface area contributed by atoms with E-state index < -0.39 is 11.3 Å². The second-order valence-corrected chi connectivity index (χ2v) is 7.51. The van der Waals surface area contributed by atoms with Crippen LogP contribution in [0.15, 0.2) is 48.9 Å². The molecule has 0 aliphatic heterocycles. The molecule has 3 aromatic heterocycles. The van der Waals surface area contributed by atoms with Gasteiger partial charge in [-0.05, 0) is 12.8 Å². The molecule has 0 spiro atoms. The van der Waals surface area contributed by atoms with Crippen LogP contribution in [0, 0.1) is 0 Å². The highest BCUT2D eigenvalue weighted by molar-refractivity contribution is 5.96. The number of aromatic nitrogens is 5. The van der Waals surface area contributed by atoms with Crippen molar-refractivity contribution in [3.63, 3.8) is 0 Å². The van der Waals surface area contributed by atoms with Gasteiger partial charge in [0.2, 0.25) is 5.91 Å². The van der Waals surface area contributed by atoms with Crippen LogP contribution < -0.4 is 10.5 Å². The first-order valence-corrected chi connectivity index (χ1v) is 9.63. The van der Waals surface area contributed by atoms with Crippen LogP contribution in [0.2, 0.25) is 0 Å². The van der Waals surface area contributed by atoms with E-state index in [0.717, 1.165) is 16.8 Å². The van der Waals surface area contributed by atoms with E-state index in [1.165, 1.54) is 6.33 Å². The second-order valence-electron chi connectivity index (χ2n) is 7.51. The SMILES string of the molecule is COc1cc2ncnc(-c3cn(C)nc3-c3ccccc3)c2nc1C1(C(N)=O)CC1. The molecule has 0 radical (unpaired) electrons. The Bertz CT molecular complexity index is 1280. The highest BCUT2D eigenvalue weighted by Crippen LogP contribution is 2.51. The molecule has 1 aromatic carbocycles. The molecule has 0 saturated heterocycles. The average molecular weight is 400 g/mol. The third-order valence-corrected chi connectivity index (χ3v) is 5.60. The van der Waals surface area contributed by atoms with Crippen LogP contribution in [0.3, 0.4) is 0 Å². The minimum Gasteiger partial charge on any atom is -0.495 e. The number of amides is 1. The number of benzene rings is 1. The molecule has 4 aromatic rings. The molecule has 1 saturated carbocycles. The fourth-order valence-electron chi connectivity index (χ4n) is 3.86. The molecule has 1 aliphatic carbocycles. The minimum atomic E-state index is -0.788. The lowest BCUT2D eigenvalue weighted by atomic mass is 9.98. The maximum atomic E-state index is 12.2. The summed E-state index contributed by atoms with van der Waals surface area (Å²) in [6.07, 6.45) is 4.72. The number of ether oxygens (including phenoxy) is 1. The fraction of sp³-hybridized carbons (Fsp3) is 0.227. The first-order chi connectivity index (χ1) is 14.5. The number of hydrogen-bond donors (Lipinski definition) is 1. The maximum absolute atomic E-state index is 12.2. The van der Waals surface area contributed by atoms with E-state index in [1.54, 1.807) is 17.9 Å². The van der Waals surface area contributed by atoms with E-state index >= 15 is 0 Å². The zero-order valence-corrected chi connectivity index (χ0v) is 16.7. The van der Waals surface area contributed by atoms with E-state index in [1.807, 2.05) is 43.6 Å². The molecule has 2 N–H and O–H groups in total. The molecular weight excluding hydrogens is 380 g/mol. The summed E-state index contributed by atoms with van der Waals surface area (Å²) in [7, 11) is 3.42. The lowest BCUT2D eigenvalue weighted by Gasteiger charge is -2.16. The molecule has 150 valence electrons. The van der Waals surface area contributed by atoms with Crippen molar-refractivity contribution < 1.29 is 9.53 Å². The van der Waals surface area contributed by atoms with Crippen molar-refractivity contribution in [3.8, 4) is 28.3 Å². The topological polar surface area (TPSA) is 109 Å². The summed E-state index contributed by atoms with van der Waals surface area (Å²) < 4.78 is 7.28. The van der Waals surface area contributed by atoms with Crippen molar-refractivity contribution in [2.45, 2.75) is 18.3 Å². The Kier molecular flexibility index (Phi) is 4.02. The van der Waals surface area contributed by atoms with Gasteiger partial charge in [-0.1, -0.05) is 30.3 Å². The predicted octanol–water partition coefficient (Wildman–Crippen LogP) is 2.62. The molecule has 30 heavy (non-hydrogen) atoms. The lowest BCUT2D eigenvalue weighted by molar-refractivity contribution is -0.120. The number of carbonyl (C=O) groups excluding carboxylic acids is 1. The number of nitrogens with two attached hydrogens (primary N) is 1. The normalized spacial score (nSPS) is 14.6. The molecule has 5 rings (SSSR count). The Hall–Kier alpha value is -3.81. The summed E-state index contributed by atoms with van der Waals surface area (Å²) >= 11 is 0. The van der Waals surface area contributed by atoms with E-state index in [-0.39, 0.29) is 0 Å². The number of fused-ring (bicyclic) bond motifs is 1. The minimum absolute atomic E-state index is 0.391. The quantitative estimate of drug-likeness (QED) is 0.552. The first-order valence-electron chi connectivity index (χ1n) is 9.63. The third-order valence-electron chi connectivity index (χ3n) is 5.60. The van der Waals surface area contributed by atoms with Crippen molar-refractivity contribution in [2.75, 3.05) is 7.11 Å². The summed E-state index contributed by atoms with van der Waals surface area (Å²) in [6.45, 7) is 0. The first kappa shape index (κ1) is 18.2. The number of rotatable bonds is 5. The smallest absolute Gasteiger partial charge is 0.229 e. The van der Waals surface area contributed by atoms with Gasteiger partial charge >= 0.3 is 0 Å². The van der Waals surface area contributed by atoms with E-state index in [2.05, 4.69) is 15.1 Å². The Morgan fingerprint density at radius 3 is 2.60 bits per heavy atom. The molecule has 8 heteroatoms. The summed E-state index contributed by atoms with van der Waals surface area (Å²) in [5, 5.41) is 4.64. The van der Waals surface area contributed by atoms with Gasteiger partial charge in [-0.2, -0.15) is 5.10 Å². The molecule has 0 bridgehead atoms. The maximum Gasteiger partial charge on any atom is 0.229 e. The van der Waals surface area contributed by atoms with Crippen LogP contribution in [0.5, 0.6) is 5.75 Å². The van der Waals surface area contributed by atoms with E-state index in [9.17, 15) is 4.79 Å². The summed E-state index contributed by atoms with van der Waals surface area (Å²) in [5.74, 6) is 0.121. The zero-order valence-electron chi connectivity index (χ0n) is 16.7. The van der Waals surface area contributed by atoms with Crippen LogP contribution in [-0.2, 0) is 17.3 Å². The number of hydrogen-bond acceptors (Lipinski definition) is 6. The number of pyridine rings is 1. The molecule has 1 aliphatic rings. The van der Waals surface area contributed by atoms with Gasteiger partial charge < -0.3 is 10.5 Å². The van der Waals surface area contributed by atoms with Crippen molar-refractivity contribution in [1.82, 2.24) is 24.7 Å². The van der Waals surface area contributed by atoms with Gasteiger partial charge in [0.25, 0.3) is 0 Å². The Labute approximate surface area is 172 Å². The Morgan fingerprint density at radius 2 is 1.93 bits per heavy atom. The highest BCUT2D eigenvalue weighted by atomic mass is 16.5. The largest absolute Gasteiger partial charge is 0.495 e. The highest BCUT2D eigenvalue weighted by Gasteiger charge is 2.53. The van der Waals surface area contributed by atoms with Crippen LogP contribution in [0.25, 0.3) is 33.5 Å². The van der Waals surface area contributed by atoms with E-state index in [4.69, 9.17) is 15.5 Å². The van der Waals surface area contributed by atoms with Crippen molar-refractivity contribution >= 4 is 16.9 Å². The molecule has 1 fully saturated rings. The summed E-state index contributed by atoms with van der Waals surface area (Å²) in [5.41, 5.74) is 9.94. The summed E-state index contributed by atoms with van der Waals surface area (Å²) in [4.78, 5) is 25.9. The van der Waals surface area contributed by atoms with Gasteiger partial charge in [0, 0.05) is 30.4 Å². The van der Waals surface area contributed by atoms with Gasteiger partial charge in [-0.15, -0.1) is 0 Å². The molecule has 1 amide bonds. The van der Waals surface area contributed by atoms with Gasteiger partial charge in [-0.25, -0.2) is 15.0 Å². The van der Waals surface area contributed by atoms with Crippen LogP contribution in [0.4, 0.5) is 0 Å². The van der Waals surface area contributed by atoms with Gasteiger partial charge in [0.1, 0.15) is 29.0 Å². The number of aryl methyl sites for hydroxylation is 1. The standard InChI is InChI=1S/C22H20N6O2/c1-28-11-14(17(27-28)13-6-4-3-5-7-13)18-19-15(24-12-25-18)10-16(30-2)20(26-19)22(8-9-22)21(23)29/h3-7,10-12H,8-9H2,1-2H3,(H2,23,29). The summed E-state index contributed by atoms with van der Waals surface area (Å²) in [6, 6.07) is 11.7. The van der Waals surface area contributed by atoms with Crippen molar-refractivity contribution in [3.05, 3.63) is 54.6 Å². The Balaban J connectivity index is 1.77.